The van der Waals surface area contributed by atoms with Crippen molar-refractivity contribution in [3.8, 4) is 17.6 Å². The van der Waals surface area contributed by atoms with Crippen LogP contribution in [0.4, 0.5) is 4.39 Å². The largest absolute Gasteiger partial charge is 0.493 e. The molecule has 2 aromatic carbocycles. The molecular weight excluding hydrogens is 431 g/mol. The summed E-state index contributed by atoms with van der Waals surface area (Å²) in [7, 11) is 1.50. The van der Waals surface area contributed by atoms with Crippen molar-refractivity contribution in [2.24, 2.45) is 0 Å². The number of rotatable bonds is 7. The second-order valence-corrected chi connectivity index (χ2v) is 8.14. The number of ether oxygens (including phenoxy) is 2. The molecule has 0 atom stereocenters. The van der Waals surface area contributed by atoms with E-state index in [2.05, 4.69) is 5.32 Å². The molecule has 1 fully saturated rings. The average molecular weight is 457 g/mol. The molecule has 0 heterocycles. The zero-order valence-electron chi connectivity index (χ0n) is 18.0. The summed E-state index contributed by atoms with van der Waals surface area (Å²) in [4.78, 5) is 12.8. The van der Waals surface area contributed by atoms with Crippen LogP contribution in [-0.2, 0) is 11.4 Å². The van der Waals surface area contributed by atoms with E-state index in [1.165, 1.54) is 38.2 Å². The fraction of sp³-hybridized carbons (Fsp3) is 0.360. The monoisotopic (exact) mass is 456 g/mol. The molecule has 2 aromatic rings. The van der Waals surface area contributed by atoms with Crippen LogP contribution < -0.4 is 14.8 Å². The van der Waals surface area contributed by atoms with Crippen LogP contribution in [0, 0.1) is 17.1 Å². The molecule has 168 valence electrons. The van der Waals surface area contributed by atoms with Crippen molar-refractivity contribution in [1.82, 2.24) is 5.32 Å². The van der Waals surface area contributed by atoms with E-state index in [1.807, 2.05) is 6.07 Å². The van der Waals surface area contributed by atoms with Gasteiger partial charge in [0.25, 0.3) is 5.91 Å². The number of hydrogen-bond acceptors (Lipinski definition) is 4. The Bertz CT molecular complexity index is 1020. The van der Waals surface area contributed by atoms with Gasteiger partial charge in [0.05, 0.1) is 12.1 Å². The number of carbonyl (C=O) groups is 1. The number of nitrogens with one attached hydrogen (secondary N) is 1. The van der Waals surface area contributed by atoms with Gasteiger partial charge in [0.2, 0.25) is 0 Å². The molecule has 5 nitrogen and oxygen atoms in total. The van der Waals surface area contributed by atoms with Crippen LogP contribution >= 0.6 is 11.6 Å². The minimum Gasteiger partial charge on any atom is -0.493 e. The third kappa shape index (κ3) is 6.24. The van der Waals surface area contributed by atoms with Crippen molar-refractivity contribution in [3.63, 3.8) is 0 Å². The predicted octanol–water partition coefficient (Wildman–Crippen LogP) is 5.81. The summed E-state index contributed by atoms with van der Waals surface area (Å²) < 4.78 is 24.7. The van der Waals surface area contributed by atoms with Crippen molar-refractivity contribution in [2.75, 3.05) is 7.11 Å². The first kappa shape index (κ1) is 23.6. The molecule has 1 amide bonds. The van der Waals surface area contributed by atoms with Crippen LogP contribution in [0.5, 0.6) is 11.5 Å². The lowest BCUT2D eigenvalue weighted by Gasteiger charge is -2.16. The highest BCUT2D eigenvalue weighted by Gasteiger charge is 2.19. The van der Waals surface area contributed by atoms with Gasteiger partial charge in [-0.2, -0.15) is 5.26 Å². The Morgan fingerprint density at radius 2 is 2.00 bits per heavy atom. The first-order chi connectivity index (χ1) is 15.5. The van der Waals surface area contributed by atoms with Crippen LogP contribution in [0.25, 0.3) is 6.08 Å². The van der Waals surface area contributed by atoms with E-state index < -0.39 is 11.7 Å². The molecule has 0 spiro atoms. The van der Waals surface area contributed by atoms with E-state index in [0.29, 0.717) is 22.6 Å². The van der Waals surface area contributed by atoms with Crippen molar-refractivity contribution in [3.05, 3.63) is 63.9 Å². The number of nitriles is 1. The Kier molecular flexibility index (Phi) is 8.52. The van der Waals surface area contributed by atoms with Gasteiger partial charge in [0.1, 0.15) is 24.1 Å². The van der Waals surface area contributed by atoms with E-state index in [-0.39, 0.29) is 23.2 Å². The van der Waals surface area contributed by atoms with Gasteiger partial charge in [-0.25, -0.2) is 4.39 Å². The number of benzene rings is 2. The summed E-state index contributed by atoms with van der Waals surface area (Å²) >= 11 is 6.10. The van der Waals surface area contributed by atoms with Crippen LogP contribution in [0.15, 0.2) is 42.0 Å². The van der Waals surface area contributed by atoms with Gasteiger partial charge < -0.3 is 14.8 Å². The van der Waals surface area contributed by atoms with Gasteiger partial charge in [-0.1, -0.05) is 55.5 Å². The molecule has 0 radical (unpaired) electrons. The van der Waals surface area contributed by atoms with Crippen LogP contribution in [0.2, 0.25) is 5.02 Å². The molecule has 32 heavy (non-hydrogen) atoms. The van der Waals surface area contributed by atoms with Gasteiger partial charge in [-0.05, 0) is 37.1 Å². The molecule has 0 unspecified atom stereocenters. The Balaban J connectivity index is 1.83. The number of halogens is 2. The highest BCUT2D eigenvalue weighted by molar-refractivity contribution is 6.31. The van der Waals surface area contributed by atoms with Crippen LogP contribution in [0.3, 0.4) is 0 Å². The summed E-state index contributed by atoms with van der Waals surface area (Å²) in [6.07, 6.45) is 7.86. The summed E-state index contributed by atoms with van der Waals surface area (Å²) in [5.74, 6) is -0.0170. The van der Waals surface area contributed by atoms with Crippen molar-refractivity contribution < 1.29 is 18.7 Å². The van der Waals surface area contributed by atoms with Gasteiger partial charge in [-0.15, -0.1) is 0 Å². The molecule has 0 saturated heterocycles. The summed E-state index contributed by atoms with van der Waals surface area (Å²) in [6, 6.07) is 11.4. The van der Waals surface area contributed by atoms with E-state index in [1.54, 1.807) is 24.3 Å². The Hall–Kier alpha value is -3.04. The lowest BCUT2D eigenvalue weighted by molar-refractivity contribution is -0.117. The molecule has 1 aliphatic rings. The number of hydrogen-bond donors (Lipinski definition) is 1. The Morgan fingerprint density at radius 1 is 1.25 bits per heavy atom. The maximum absolute atomic E-state index is 13.3. The summed E-state index contributed by atoms with van der Waals surface area (Å²) in [5, 5.41) is 12.9. The number of methoxy groups -OCH3 is 1. The van der Waals surface area contributed by atoms with Crippen LogP contribution in [0.1, 0.15) is 49.7 Å². The quantitative estimate of drug-likeness (QED) is 0.324. The van der Waals surface area contributed by atoms with Gasteiger partial charge in [-0.3, -0.25) is 4.79 Å². The number of para-hydroxylation sites is 1. The van der Waals surface area contributed by atoms with Crippen molar-refractivity contribution >= 4 is 23.6 Å². The number of carbonyl (C=O) groups excluding carboxylic acids is 1. The normalized spacial score (nSPS) is 14.9. The fourth-order valence-electron chi connectivity index (χ4n) is 3.74. The van der Waals surface area contributed by atoms with Gasteiger partial charge >= 0.3 is 0 Å². The molecule has 1 N–H and O–H groups in total. The summed E-state index contributed by atoms with van der Waals surface area (Å²) in [5.41, 5.74) is 1.11. The maximum Gasteiger partial charge on any atom is 0.262 e. The zero-order chi connectivity index (χ0) is 22.9. The number of amides is 1. The zero-order valence-corrected chi connectivity index (χ0v) is 18.8. The Labute approximate surface area is 192 Å². The molecule has 3 rings (SSSR count). The van der Waals surface area contributed by atoms with E-state index >= 15 is 0 Å². The minimum absolute atomic E-state index is 0.00726. The van der Waals surface area contributed by atoms with Crippen molar-refractivity contribution in [2.45, 2.75) is 51.2 Å². The molecular formula is C25H26ClFN2O3. The highest BCUT2D eigenvalue weighted by Crippen LogP contribution is 2.34. The minimum atomic E-state index is -0.432. The smallest absolute Gasteiger partial charge is 0.262 e. The fourth-order valence-corrected chi connectivity index (χ4v) is 3.96. The molecule has 0 aromatic heterocycles. The third-order valence-electron chi connectivity index (χ3n) is 5.47. The van der Waals surface area contributed by atoms with Crippen molar-refractivity contribution in [1.29, 1.82) is 5.26 Å². The highest BCUT2D eigenvalue weighted by atomic mass is 35.5. The predicted molar refractivity (Wildman–Crippen MR) is 122 cm³/mol. The lowest BCUT2D eigenvalue weighted by atomic mass is 10.1. The first-order valence-corrected chi connectivity index (χ1v) is 11.1. The second-order valence-electron chi connectivity index (χ2n) is 7.73. The molecule has 0 bridgehead atoms. The average Bonchev–Trinajstić information content (AvgIpc) is 3.05. The van der Waals surface area contributed by atoms with E-state index in [9.17, 15) is 14.4 Å². The lowest BCUT2D eigenvalue weighted by Crippen LogP contribution is -2.35. The molecule has 7 heteroatoms. The van der Waals surface area contributed by atoms with Gasteiger partial charge in [0.15, 0.2) is 11.5 Å². The molecule has 1 saturated carbocycles. The standard InChI is InChI=1S/C25H26ClFN2O3/c1-31-23-10-6-7-17(24(23)32-16-18-11-12-20(27)14-22(18)26)13-19(15-28)25(30)29-21-8-4-2-3-5-9-21/h6-7,10-14,21H,2-5,8-9,16H2,1H3,(H,29,30). The third-order valence-corrected chi connectivity index (χ3v) is 5.82. The second kappa shape index (κ2) is 11.5. The van der Waals surface area contributed by atoms with E-state index in [4.69, 9.17) is 21.1 Å². The molecule has 1 aliphatic carbocycles. The summed E-state index contributed by atoms with van der Waals surface area (Å²) in [6.45, 7) is 0.0660. The topological polar surface area (TPSA) is 71.3 Å². The molecule has 0 aliphatic heterocycles. The van der Waals surface area contributed by atoms with E-state index in [0.717, 1.165) is 25.7 Å². The first-order valence-electron chi connectivity index (χ1n) is 10.7. The Morgan fingerprint density at radius 3 is 2.66 bits per heavy atom. The number of nitrogens with zero attached hydrogens (tertiary/aromatic N) is 1. The van der Waals surface area contributed by atoms with Crippen LogP contribution in [-0.4, -0.2) is 19.1 Å². The maximum atomic E-state index is 13.3. The SMILES string of the molecule is COc1cccc(C=C(C#N)C(=O)NC2CCCCCC2)c1OCc1ccc(F)cc1Cl. The van der Waals surface area contributed by atoms with Gasteiger partial charge in [0, 0.05) is 17.2 Å².